The second-order valence-electron chi connectivity index (χ2n) is 4.59. The van der Waals surface area contributed by atoms with Crippen LogP contribution in [0.5, 0.6) is 0 Å². The average molecular weight is 250 g/mol. The van der Waals surface area contributed by atoms with Crippen LogP contribution in [0.2, 0.25) is 0 Å². The quantitative estimate of drug-likeness (QED) is 0.783. The van der Waals surface area contributed by atoms with Gasteiger partial charge in [0.15, 0.2) is 0 Å². The lowest BCUT2D eigenvalue weighted by molar-refractivity contribution is 0.1000. The molecule has 0 fully saturated rings. The molecule has 0 aromatic heterocycles. The smallest absolute Gasteiger partial charge is 0.248 e. The van der Waals surface area contributed by atoms with Crippen LogP contribution in [0.4, 0.5) is 0 Å². The number of thiocarbonyl (C=S) groups is 1. The van der Waals surface area contributed by atoms with Crippen molar-refractivity contribution in [2.45, 2.75) is 26.7 Å². The zero-order valence-electron chi connectivity index (χ0n) is 10.2. The van der Waals surface area contributed by atoms with Crippen molar-refractivity contribution in [1.29, 1.82) is 0 Å². The van der Waals surface area contributed by atoms with Crippen molar-refractivity contribution in [3.63, 3.8) is 0 Å². The van der Waals surface area contributed by atoms with E-state index in [9.17, 15) is 4.79 Å². The highest BCUT2D eigenvalue weighted by Crippen LogP contribution is 2.17. The Hall–Kier alpha value is -1.42. The molecule has 0 spiro atoms. The van der Waals surface area contributed by atoms with Crippen LogP contribution >= 0.6 is 12.2 Å². The molecule has 0 aliphatic rings. The molecule has 1 aromatic carbocycles. The number of rotatable bonds is 5. The lowest BCUT2D eigenvalue weighted by Crippen LogP contribution is -2.16. The molecule has 0 unspecified atom stereocenters. The fourth-order valence-corrected chi connectivity index (χ4v) is 1.93. The lowest BCUT2D eigenvalue weighted by atomic mass is 9.94. The summed E-state index contributed by atoms with van der Waals surface area (Å²) in [5.41, 5.74) is 13.5. The van der Waals surface area contributed by atoms with Crippen LogP contribution < -0.4 is 11.5 Å². The molecule has 4 N–H and O–H groups in total. The topological polar surface area (TPSA) is 69.1 Å². The van der Waals surface area contributed by atoms with E-state index in [4.69, 9.17) is 23.7 Å². The van der Waals surface area contributed by atoms with Gasteiger partial charge in [0.25, 0.3) is 0 Å². The van der Waals surface area contributed by atoms with Gasteiger partial charge in [-0.1, -0.05) is 32.1 Å². The van der Waals surface area contributed by atoms with Crippen molar-refractivity contribution in [2.75, 3.05) is 0 Å². The Balaban J connectivity index is 3.11. The Bertz CT molecular complexity index is 441. The summed E-state index contributed by atoms with van der Waals surface area (Å²) in [4.78, 5) is 11.6. The van der Waals surface area contributed by atoms with Gasteiger partial charge in [0.1, 0.15) is 0 Å². The second kappa shape index (κ2) is 5.77. The first kappa shape index (κ1) is 13.6. The molecule has 1 amide bonds. The molecule has 92 valence electrons. The van der Waals surface area contributed by atoms with Crippen molar-refractivity contribution in [2.24, 2.45) is 17.4 Å². The Morgan fingerprint density at radius 3 is 2.41 bits per heavy atom. The van der Waals surface area contributed by atoms with E-state index in [1.54, 1.807) is 12.1 Å². The van der Waals surface area contributed by atoms with Crippen LogP contribution in [0.15, 0.2) is 18.2 Å². The maximum atomic E-state index is 11.1. The van der Waals surface area contributed by atoms with Crippen molar-refractivity contribution in [3.8, 4) is 0 Å². The van der Waals surface area contributed by atoms with Crippen LogP contribution in [0.1, 0.15) is 35.3 Å². The summed E-state index contributed by atoms with van der Waals surface area (Å²) in [6, 6.07) is 5.48. The summed E-state index contributed by atoms with van der Waals surface area (Å²) in [7, 11) is 0. The number of carbonyl (C=O) groups is 1. The number of amides is 1. The van der Waals surface area contributed by atoms with Crippen LogP contribution in [0.3, 0.4) is 0 Å². The monoisotopic (exact) mass is 250 g/mol. The number of primary amides is 1. The van der Waals surface area contributed by atoms with Crippen LogP contribution in [-0.2, 0) is 12.8 Å². The summed E-state index contributed by atoms with van der Waals surface area (Å²) in [5.74, 6) is 0.116. The highest BCUT2D eigenvalue weighted by atomic mass is 32.1. The summed E-state index contributed by atoms with van der Waals surface area (Å²) in [5, 5.41) is 0. The molecule has 0 radical (unpaired) electrons. The zero-order valence-corrected chi connectivity index (χ0v) is 11.0. The summed E-state index contributed by atoms with van der Waals surface area (Å²) in [6.07, 6.45) is 1.45. The SMILES string of the molecule is CC(C)Cc1ccc(C(N)=O)cc1CC(N)=S. The van der Waals surface area contributed by atoms with E-state index in [1.807, 2.05) is 6.07 Å². The number of benzene rings is 1. The maximum Gasteiger partial charge on any atom is 0.248 e. The molecule has 0 aliphatic heterocycles. The molecule has 1 rings (SSSR count). The summed E-state index contributed by atoms with van der Waals surface area (Å²) in [6.45, 7) is 4.29. The predicted octanol–water partition coefficient (Wildman–Crippen LogP) is 1.81. The van der Waals surface area contributed by atoms with Gasteiger partial charge in [-0.15, -0.1) is 0 Å². The van der Waals surface area contributed by atoms with E-state index >= 15 is 0 Å². The third-order valence-electron chi connectivity index (χ3n) is 2.48. The van der Waals surface area contributed by atoms with Gasteiger partial charge in [0.2, 0.25) is 5.91 Å². The van der Waals surface area contributed by atoms with Gasteiger partial charge in [-0.25, -0.2) is 0 Å². The molecule has 0 aliphatic carbocycles. The number of hydrogen-bond acceptors (Lipinski definition) is 2. The molecule has 0 heterocycles. The molecule has 0 saturated carbocycles. The Morgan fingerprint density at radius 1 is 1.29 bits per heavy atom. The van der Waals surface area contributed by atoms with Gasteiger partial charge in [-0.05, 0) is 35.6 Å². The minimum Gasteiger partial charge on any atom is -0.393 e. The van der Waals surface area contributed by atoms with Gasteiger partial charge in [-0.3, -0.25) is 4.79 Å². The molecular weight excluding hydrogens is 232 g/mol. The standard InChI is InChI=1S/C13H18N2OS/c1-8(2)5-9-3-4-10(13(15)16)6-11(9)7-12(14)17/h3-4,6,8H,5,7H2,1-2H3,(H2,14,17)(H2,15,16). The minimum absolute atomic E-state index is 0.426. The van der Waals surface area contributed by atoms with Crippen molar-refractivity contribution < 1.29 is 4.79 Å². The second-order valence-corrected chi connectivity index (χ2v) is 5.11. The largest absolute Gasteiger partial charge is 0.393 e. The molecule has 0 atom stereocenters. The highest BCUT2D eigenvalue weighted by Gasteiger charge is 2.09. The number of hydrogen-bond donors (Lipinski definition) is 2. The fourth-order valence-electron chi connectivity index (χ4n) is 1.77. The lowest BCUT2D eigenvalue weighted by Gasteiger charge is -2.12. The van der Waals surface area contributed by atoms with Gasteiger partial charge in [0, 0.05) is 12.0 Å². The molecule has 3 nitrogen and oxygen atoms in total. The minimum atomic E-state index is -0.426. The van der Waals surface area contributed by atoms with E-state index in [0.717, 1.165) is 12.0 Å². The van der Waals surface area contributed by atoms with Gasteiger partial charge in [-0.2, -0.15) is 0 Å². The molecule has 0 saturated heterocycles. The van der Waals surface area contributed by atoms with Gasteiger partial charge < -0.3 is 11.5 Å². The van der Waals surface area contributed by atoms with Crippen molar-refractivity contribution in [1.82, 2.24) is 0 Å². The Labute approximate surface area is 107 Å². The first-order valence-electron chi connectivity index (χ1n) is 5.60. The molecule has 4 heteroatoms. The van der Waals surface area contributed by atoms with Crippen molar-refractivity contribution in [3.05, 3.63) is 34.9 Å². The summed E-state index contributed by atoms with van der Waals surface area (Å²) < 4.78 is 0. The third kappa shape index (κ3) is 4.15. The summed E-state index contributed by atoms with van der Waals surface area (Å²) >= 11 is 4.92. The normalized spacial score (nSPS) is 10.5. The average Bonchev–Trinajstić information content (AvgIpc) is 2.18. The molecule has 17 heavy (non-hydrogen) atoms. The van der Waals surface area contributed by atoms with E-state index in [-0.39, 0.29) is 0 Å². The first-order valence-corrected chi connectivity index (χ1v) is 6.01. The van der Waals surface area contributed by atoms with Gasteiger partial charge in [0.05, 0.1) is 4.99 Å². The Kier molecular flexibility index (Phi) is 4.63. The predicted molar refractivity (Wildman–Crippen MR) is 74.0 cm³/mol. The third-order valence-corrected chi connectivity index (χ3v) is 2.63. The zero-order chi connectivity index (χ0) is 13.0. The van der Waals surface area contributed by atoms with Crippen LogP contribution in [0.25, 0.3) is 0 Å². The van der Waals surface area contributed by atoms with E-state index in [2.05, 4.69) is 13.8 Å². The van der Waals surface area contributed by atoms with E-state index < -0.39 is 5.91 Å². The van der Waals surface area contributed by atoms with Gasteiger partial charge >= 0.3 is 0 Å². The van der Waals surface area contributed by atoms with Crippen LogP contribution in [-0.4, -0.2) is 10.9 Å². The number of carbonyl (C=O) groups excluding carboxylic acids is 1. The van der Waals surface area contributed by atoms with Crippen LogP contribution in [0, 0.1) is 5.92 Å². The van der Waals surface area contributed by atoms with E-state index in [1.165, 1.54) is 5.56 Å². The van der Waals surface area contributed by atoms with E-state index in [0.29, 0.717) is 22.9 Å². The van der Waals surface area contributed by atoms with Crippen molar-refractivity contribution >= 4 is 23.1 Å². The molecule has 1 aromatic rings. The Morgan fingerprint density at radius 2 is 1.94 bits per heavy atom. The molecule has 0 bridgehead atoms. The number of nitrogens with two attached hydrogens (primary N) is 2. The highest BCUT2D eigenvalue weighted by molar-refractivity contribution is 7.80. The fraction of sp³-hybridized carbons (Fsp3) is 0.385. The maximum absolute atomic E-state index is 11.1. The first-order chi connectivity index (χ1) is 7.90. The molecular formula is C13H18N2OS.